The van der Waals surface area contributed by atoms with Crippen LogP contribution in [0.3, 0.4) is 0 Å². The van der Waals surface area contributed by atoms with Crippen LogP contribution in [0.5, 0.6) is 23.0 Å². The predicted molar refractivity (Wildman–Crippen MR) is 119 cm³/mol. The topological polar surface area (TPSA) is 54.0 Å². The molecule has 5 nitrogen and oxygen atoms in total. The van der Waals surface area contributed by atoms with E-state index in [-0.39, 0.29) is 11.5 Å². The number of rotatable bonds is 7. The zero-order valence-electron chi connectivity index (χ0n) is 17.3. The molecule has 0 spiro atoms. The van der Waals surface area contributed by atoms with E-state index in [9.17, 15) is 4.79 Å². The summed E-state index contributed by atoms with van der Waals surface area (Å²) in [7, 11) is 3.25. The Labute approximate surface area is 181 Å². The second-order valence-electron chi connectivity index (χ2n) is 6.86. The van der Waals surface area contributed by atoms with Gasteiger partial charge in [0.2, 0.25) is 5.78 Å². The Morgan fingerprint density at radius 1 is 0.903 bits per heavy atom. The number of methoxy groups -OCH3 is 2. The number of fused-ring (bicyclic) bond motifs is 1. The van der Waals surface area contributed by atoms with Gasteiger partial charge in [-0.25, -0.2) is 0 Å². The quantitative estimate of drug-likeness (QED) is 0.481. The lowest BCUT2D eigenvalue weighted by molar-refractivity contribution is 0.101. The smallest absolute Gasteiger partial charge is 0.231 e. The standard InChI is InChI=1S/C26H22O5/c1-28-20-10-5-7-18(15-20)17-30-21-13-14-22-25(16-21)31-24(26(22)27)12-6-9-19-8-3-4-11-23(19)29-2/h3-16H,17H2,1-2H3. The first-order valence-corrected chi connectivity index (χ1v) is 9.81. The highest BCUT2D eigenvalue weighted by Crippen LogP contribution is 2.34. The number of Topliss-reactive ketones (excluding diaryl/α,β-unsaturated/α-hetero) is 1. The van der Waals surface area contributed by atoms with Crippen molar-refractivity contribution in [2.45, 2.75) is 6.61 Å². The van der Waals surface area contributed by atoms with E-state index >= 15 is 0 Å². The number of ether oxygens (including phenoxy) is 4. The molecule has 0 aliphatic carbocycles. The van der Waals surface area contributed by atoms with Crippen molar-refractivity contribution in [2.24, 2.45) is 0 Å². The van der Waals surface area contributed by atoms with Crippen molar-refractivity contribution in [1.29, 1.82) is 0 Å². The molecule has 3 aromatic rings. The Balaban J connectivity index is 1.45. The molecule has 0 N–H and O–H groups in total. The zero-order chi connectivity index (χ0) is 21.6. The fraction of sp³-hybridized carbons (Fsp3) is 0.115. The molecule has 0 atom stereocenters. The molecule has 156 valence electrons. The van der Waals surface area contributed by atoms with Crippen molar-refractivity contribution in [2.75, 3.05) is 14.2 Å². The first kappa shape index (κ1) is 20.3. The molecule has 1 aliphatic heterocycles. The average Bonchev–Trinajstić information content (AvgIpc) is 3.13. The van der Waals surface area contributed by atoms with Gasteiger partial charge in [-0.3, -0.25) is 4.79 Å². The van der Waals surface area contributed by atoms with Crippen LogP contribution in [0.1, 0.15) is 21.5 Å². The van der Waals surface area contributed by atoms with Crippen LogP contribution in [0.25, 0.3) is 6.08 Å². The normalized spacial score (nSPS) is 13.9. The predicted octanol–water partition coefficient (Wildman–Crippen LogP) is 5.46. The van der Waals surface area contributed by atoms with Crippen LogP contribution < -0.4 is 18.9 Å². The first-order valence-electron chi connectivity index (χ1n) is 9.81. The van der Waals surface area contributed by atoms with Crippen molar-refractivity contribution < 1.29 is 23.7 Å². The number of allylic oxidation sites excluding steroid dienone is 3. The SMILES string of the molecule is COc1cccc(COc2ccc3c(c2)OC(=CC=Cc2ccccc2OC)C3=O)c1. The van der Waals surface area contributed by atoms with E-state index in [0.29, 0.717) is 23.7 Å². The van der Waals surface area contributed by atoms with Gasteiger partial charge < -0.3 is 18.9 Å². The fourth-order valence-electron chi connectivity index (χ4n) is 3.24. The van der Waals surface area contributed by atoms with Gasteiger partial charge in [0, 0.05) is 11.6 Å². The summed E-state index contributed by atoms with van der Waals surface area (Å²) in [4.78, 5) is 12.6. The van der Waals surface area contributed by atoms with Crippen molar-refractivity contribution in [3.8, 4) is 23.0 Å². The lowest BCUT2D eigenvalue weighted by atomic mass is 10.1. The minimum atomic E-state index is -0.154. The lowest BCUT2D eigenvalue weighted by Gasteiger charge is -2.08. The van der Waals surface area contributed by atoms with Gasteiger partial charge >= 0.3 is 0 Å². The molecule has 0 saturated carbocycles. The third-order valence-electron chi connectivity index (χ3n) is 4.84. The molecule has 3 aromatic carbocycles. The van der Waals surface area contributed by atoms with E-state index < -0.39 is 0 Å². The van der Waals surface area contributed by atoms with Crippen molar-refractivity contribution in [3.63, 3.8) is 0 Å². The van der Waals surface area contributed by atoms with Crippen LogP contribution in [-0.2, 0) is 6.61 Å². The highest BCUT2D eigenvalue weighted by molar-refractivity contribution is 6.12. The lowest BCUT2D eigenvalue weighted by Crippen LogP contribution is -1.97. The molecule has 4 rings (SSSR count). The third kappa shape index (κ3) is 4.61. The number of benzene rings is 3. The summed E-state index contributed by atoms with van der Waals surface area (Å²) < 4.78 is 22.2. The Hall–Kier alpha value is -3.99. The summed E-state index contributed by atoms with van der Waals surface area (Å²) in [5, 5.41) is 0. The minimum absolute atomic E-state index is 0.154. The van der Waals surface area contributed by atoms with E-state index in [0.717, 1.165) is 22.6 Å². The second-order valence-corrected chi connectivity index (χ2v) is 6.86. The van der Waals surface area contributed by atoms with Gasteiger partial charge in [-0.15, -0.1) is 0 Å². The molecule has 31 heavy (non-hydrogen) atoms. The molecular formula is C26H22O5. The molecule has 0 amide bonds. The van der Waals surface area contributed by atoms with E-state index in [1.54, 1.807) is 44.6 Å². The molecule has 0 saturated heterocycles. The largest absolute Gasteiger partial charge is 0.497 e. The van der Waals surface area contributed by atoms with Crippen LogP contribution in [0.15, 0.2) is 84.6 Å². The summed E-state index contributed by atoms with van der Waals surface area (Å²) >= 11 is 0. The van der Waals surface area contributed by atoms with Crippen LogP contribution in [0, 0.1) is 0 Å². The summed E-state index contributed by atoms with van der Waals surface area (Å²) in [6.07, 6.45) is 5.30. The number of ketones is 1. The van der Waals surface area contributed by atoms with Crippen LogP contribution in [-0.4, -0.2) is 20.0 Å². The van der Waals surface area contributed by atoms with Crippen LogP contribution in [0.2, 0.25) is 0 Å². The Kier molecular flexibility index (Phi) is 6.03. The third-order valence-corrected chi connectivity index (χ3v) is 4.84. The van der Waals surface area contributed by atoms with Crippen molar-refractivity contribution in [3.05, 3.63) is 101 Å². The highest BCUT2D eigenvalue weighted by atomic mass is 16.5. The van der Waals surface area contributed by atoms with Gasteiger partial charge in [0.15, 0.2) is 5.76 Å². The molecule has 5 heteroatoms. The molecule has 0 fully saturated rings. The van der Waals surface area contributed by atoms with Crippen molar-refractivity contribution >= 4 is 11.9 Å². The van der Waals surface area contributed by atoms with Gasteiger partial charge in [-0.05, 0) is 42.0 Å². The Bertz CT molecular complexity index is 1160. The second kappa shape index (κ2) is 9.22. The molecular weight excluding hydrogens is 392 g/mol. The summed E-state index contributed by atoms with van der Waals surface area (Å²) in [6, 6.07) is 20.6. The number of carbonyl (C=O) groups is 1. The zero-order valence-corrected chi connectivity index (χ0v) is 17.3. The van der Waals surface area contributed by atoms with Gasteiger partial charge in [0.1, 0.15) is 29.6 Å². The van der Waals surface area contributed by atoms with E-state index in [2.05, 4.69) is 0 Å². The number of para-hydroxylation sites is 1. The highest BCUT2D eigenvalue weighted by Gasteiger charge is 2.27. The van der Waals surface area contributed by atoms with Gasteiger partial charge in [-0.1, -0.05) is 42.5 Å². The van der Waals surface area contributed by atoms with Gasteiger partial charge in [-0.2, -0.15) is 0 Å². The average molecular weight is 414 g/mol. The Morgan fingerprint density at radius 2 is 1.77 bits per heavy atom. The maximum absolute atomic E-state index is 12.6. The minimum Gasteiger partial charge on any atom is -0.497 e. The summed E-state index contributed by atoms with van der Waals surface area (Å²) in [5.74, 6) is 2.77. The van der Waals surface area contributed by atoms with Crippen molar-refractivity contribution in [1.82, 2.24) is 0 Å². The maximum Gasteiger partial charge on any atom is 0.231 e. The summed E-state index contributed by atoms with van der Waals surface area (Å²) in [5.41, 5.74) is 2.42. The van der Waals surface area contributed by atoms with Crippen LogP contribution in [0.4, 0.5) is 0 Å². The van der Waals surface area contributed by atoms with E-state index in [4.69, 9.17) is 18.9 Å². The number of carbonyl (C=O) groups excluding carboxylic acids is 1. The molecule has 0 unspecified atom stereocenters. The maximum atomic E-state index is 12.6. The van der Waals surface area contributed by atoms with Crippen LogP contribution >= 0.6 is 0 Å². The van der Waals surface area contributed by atoms with E-state index in [1.165, 1.54) is 0 Å². The Morgan fingerprint density at radius 3 is 2.61 bits per heavy atom. The number of hydrogen-bond acceptors (Lipinski definition) is 5. The molecule has 0 aromatic heterocycles. The molecule has 0 radical (unpaired) electrons. The molecule has 1 heterocycles. The summed E-state index contributed by atoms with van der Waals surface area (Å²) in [6.45, 7) is 0.383. The van der Waals surface area contributed by atoms with E-state index in [1.807, 2.05) is 54.6 Å². The molecule has 0 bridgehead atoms. The fourth-order valence-corrected chi connectivity index (χ4v) is 3.24. The van der Waals surface area contributed by atoms with Gasteiger partial charge in [0.05, 0.1) is 19.8 Å². The first-order chi connectivity index (χ1) is 15.2. The molecule has 1 aliphatic rings. The monoisotopic (exact) mass is 414 g/mol. The number of hydrogen-bond donors (Lipinski definition) is 0. The van der Waals surface area contributed by atoms with Gasteiger partial charge in [0.25, 0.3) is 0 Å².